The molecule has 6 heteroatoms. The summed E-state index contributed by atoms with van der Waals surface area (Å²) >= 11 is 5.82. The van der Waals surface area contributed by atoms with Crippen LogP contribution in [0.4, 0.5) is 5.69 Å². The Morgan fingerprint density at radius 2 is 2.16 bits per heavy atom. The third kappa shape index (κ3) is 3.14. The molecular formula is C13H12ClN3O2. The molecule has 0 bridgehead atoms. The Labute approximate surface area is 115 Å². The highest BCUT2D eigenvalue weighted by atomic mass is 35.5. The number of halogens is 1. The summed E-state index contributed by atoms with van der Waals surface area (Å²) in [6, 6.07) is 6.41. The molecule has 2 aromatic rings. The fraction of sp³-hybridized carbons (Fsp3) is 0.0769. The number of nitrogen functional groups attached to an aromatic ring is 1. The van der Waals surface area contributed by atoms with Gasteiger partial charge < -0.3 is 15.8 Å². The van der Waals surface area contributed by atoms with Crippen LogP contribution in [0.3, 0.4) is 0 Å². The molecule has 0 saturated heterocycles. The lowest BCUT2D eigenvalue weighted by molar-refractivity contribution is 0.0963. The van der Waals surface area contributed by atoms with Gasteiger partial charge in [0.2, 0.25) is 0 Å². The Morgan fingerprint density at radius 1 is 1.37 bits per heavy atom. The summed E-state index contributed by atoms with van der Waals surface area (Å²) in [7, 11) is 1.56. The number of carbonyl (C=O) groups is 1. The first-order valence-corrected chi connectivity index (χ1v) is 5.88. The predicted molar refractivity (Wildman–Crippen MR) is 73.6 cm³/mol. The number of ether oxygens (including phenoxy) is 1. The van der Waals surface area contributed by atoms with Crippen LogP contribution < -0.4 is 15.8 Å². The van der Waals surface area contributed by atoms with Crippen molar-refractivity contribution in [2.75, 3.05) is 12.8 Å². The molecule has 98 valence electrons. The Bertz CT molecular complexity index is 617. The van der Waals surface area contributed by atoms with Crippen molar-refractivity contribution >= 4 is 23.2 Å². The first kappa shape index (κ1) is 13.2. The fourth-order valence-electron chi connectivity index (χ4n) is 1.48. The molecule has 1 aromatic heterocycles. The highest BCUT2D eigenvalue weighted by Crippen LogP contribution is 2.29. The summed E-state index contributed by atoms with van der Waals surface area (Å²) in [4.78, 5) is 15.4. The third-order valence-electron chi connectivity index (χ3n) is 2.41. The Morgan fingerprint density at radius 3 is 2.84 bits per heavy atom. The van der Waals surface area contributed by atoms with E-state index in [2.05, 4.69) is 10.3 Å². The molecule has 0 fully saturated rings. The molecule has 0 aliphatic heterocycles. The molecule has 0 aliphatic rings. The number of benzene rings is 1. The number of nitrogens with two attached hydrogens (primary N) is 1. The molecule has 3 N–H and O–H groups in total. The maximum atomic E-state index is 11.5. The van der Waals surface area contributed by atoms with Gasteiger partial charge in [0.1, 0.15) is 5.75 Å². The Kier molecular flexibility index (Phi) is 3.87. The number of carbonyl (C=O) groups excluding carboxylic acids is 1. The molecule has 1 heterocycles. The maximum Gasteiger partial charge on any atom is 0.251 e. The number of amides is 1. The smallest absolute Gasteiger partial charge is 0.251 e. The summed E-state index contributed by atoms with van der Waals surface area (Å²) in [6.45, 7) is 0. The highest BCUT2D eigenvalue weighted by molar-refractivity contribution is 6.30. The van der Waals surface area contributed by atoms with Gasteiger partial charge in [0.15, 0.2) is 5.75 Å². The van der Waals surface area contributed by atoms with E-state index in [9.17, 15) is 4.79 Å². The zero-order valence-electron chi connectivity index (χ0n) is 10.2. The molecule has 5 nitrogen and oxygen atoms in total. The van der Waals surface area contributed by atoms with Gasteiger partial charge in [0, 0.05) is 24.9 Å². The summed E-state index contributed by atoms with van der Waals surface area (Å²) in [5.41, 5.74) is 6.69. The molecule has 0 atom stereocenters. The van der Waals surface area contributed by atoms with Crippen molar-refractivity contribution in [2.45, 2.75) is 0 Å². The summed E-state index contributed by atoms with van der Waals surface area (Å²) in [5.74, 6) is 0.618. The standard InChI is InChI=1S/C13H12ClN3O2/c1-16-13(18)8-2-3-11(15)12(4-8)19-10-5-9(14)6-17-7-10/h2-7H,15H2,1H3,(H,16,18). The molecule has 0 saturated carbocycles. The second kappa shape index (κ2) is 5.58. The van der Waals surface area contributed by atoms with E-state index < -0.39 is 0 Å². The number of anilines is 1. The zero-order chi connectivity index (χ0) is 13.8. The van der Waals surface area contributed by atoms with E-state index in [0.717, 1.165) is 0 Å². The first-order valence-electron chi connectivity index (χ1n) is 5.50. The van der Waals surface area contributed by atoms with E-state index in [-0.39, 0.29) is 5.91 Å². The van der Waals surface area contributed by atoms with Crippen molar-refractivity contribution < 1.29 is 9.53 Å². The average molecular weight is 278 g/mol. The number of pyridine rings is 1. The lowest BCUT2D eigenvalue weighted by Gasteiger charge is -2.10. The van der Waals surface area contributed by atoms with E-state index in [4.69, 9.17) is 22.1 Å². The largest absolute Gasteiger partial charge is 0.454 e. The monoisotopic (exact) mass is 277 g/mol. The molecule has 1 amide bonds. The van der Waals surface area contributed by atoms with Crippen molar-refractivity contribution in [3.63, 3.8) is 0 Å². The molecule has 0 unspecified atom stereocenters. The van der Waals surface area contributed by atoms with E-state index in [1.807, 2.05) is 0 Å². The number of nitrogens with zero attached hydrogens (tertiary/aromatic N) is 1. The normalized spacial score (nSPS) is 10.0. The minimum atomic E-state index is -0.214. The molecule has 0 radical (unpaired) electrons. The second-order valence-electron chi connectivity index (χ2n) is 3.77. The van der Waals surface area contributed by atoms with Gasteiger partial charge in [-0.25, -0.2) is 0 Å². The minimum absolute atomic E-state index is 0.214. The second-order valence-corrected chi connectivity index (χ2v) is 4.21. The number of rotatable bonds is 3. The fourth-order valence-corrected chi connectivity index (χ4v) is 1.65. The van der Waals surface area contributed by atoms with Crippen molar-refractivity contribution in [1.82, 2.24) is 10.3 Å². The van der Waals surface area contributed by atoms with Crippen molar-refractivity contribution in [1.29, 1.82) is 0 Å². The average Bonchev–Trinajstić information content (AvgIpc) is 2.40. The van der Waals surface area contributed by atoms with Crippen LogP contribution >= 0.6 is 11.6 Å². The predicted octanol–water partition coefficient (Wildman–Crippen LogP) is 2.47. The first-order chi connectivity index (χ1) is 9.10. The van der Waals surface area contributed by atoms with Crippen LogP contribution in [0.1, 0.15) is 10.4 Å². The van der Waals surface area contributed by atoms with Gasteiger partial charge in [-0.15, -0.1) is 0 Å². The maximum absolute atomic E-state index is 11.5. The summed E-state index contributed by atoms with van der Waals surface area (Å²) < 4.78 is 5.57. The lowest BCUT2D eigenvalue weighted by Crippen LogP contribution is -2.17. The van der Waals surface area contributed by atoms with Crippen molar-refractivity contribution in [3.05, 3.63) is 47.2 Å². The lowest BCUT2D eigenvalue weighted by atomic mass is 10.2. The van der Waals surface area contributed by atoms with Crippen LogP contribution in [-0.2, 0) is 0 Å². The van der Waals surface area contributed by atoms with Crippen LogP contribution in [0.15, 0.2) is 36.7 Å². The summed E-state index contributed by atoms with van der Waals surface area (Å²) in [5, 5.41) is 2.99. The number of hydrogen-bond donors (Lipinski definition) is 2. The zero-order valence-corrected chi connectivity index (χ0v) is 10.9. The number of nitrogens with one attached hydrogen (secondary N) is 1. The van der Waals surface area contributed by atoms with E-state index in [0.29, 0.717) is 27.8 Å². The van der Waals surface area contributed by atoms with Crippen LogP contribution in [0.2, 0.25) is 5.02 Å². The van der Waals surface area contributed by atoms with Crippen molar-refractivity contribution in [2.24, 2.45) is 0 Å². The molecular weight excluding hydrogens is 266 g/mol. The SMILES string of the molecule is CNC(=O)c1ccc(N)c(Oc2cncc(Cl)c2)c1. The van der Waals surface area contributed by atoms with Gasteiger partial charge in [-0.05, 0) is 18.2 Å². The molecule has 0 aliphatic carbocycles. The molecule has 0 spiro atoms. The van der Waals surface area contributed by atoms with Gasteiger partial charge in [0.25, 0.3) is 5.91 Å². The molecule has 19 heavy (non-hydrogen) atoms. The van der Waals surface area contributed by atoms with Crippen LogP contribution in [0.5, 0.6) is 11.5 Å². The van der Waals surface area contributed by atoms with E-state index in [1.54, 1.807) is 31.3 Å². The van der Waals surface area contributed by atoms with Gasteiger partial charge in [0.05, 0.1) is 16.9 Å². The summed E-state index contributed by atoms with van der Waals surface area (Å²) in [6.07, 6.45) is 3.01. The quantitative estimate of drug-likeness (QED) is 0.845. The molecule has 2 rings (SSSR count). The number of hydrogen-bond acceptors (Lipinski definition) is 4. The van der Waals surface area contributed by atoms with Gasteiger partial charge in [-0.2, -0.15) is 0 Å². The topological polar surface area (TPSA) is 77.2 Å². The molecule has 1 aromatic carbocycles. The number of aromatic nitrogens is 1. The van der Waals surface area contributed by atoms with Crippen LogP contribution in [-0.4, -0.2) is 17.9 Å². The van der Waals surface area contributed by atoms with Gasteiger partial charge in [-0.1, -0.05) is 11.6 Å². The van der Waals surface area contributed by atoms with E-state index >= 15 is 0 Å². The Hall–Kier alpha value is -2.27. The van der Waals surface area contributed by atoms with E-state index in [1.165, 1.54) is 12.4 Å². The van der Waals surface area contributed by atoms with Crippen LogP contribution in [0.25, 0.3) is 0 Å². The van der Waals surface area contributed by atoms with Gasteiger partial charge in [-0.3, -0.25) is 9.78 Å². The van der Waals surface area contributed by atoms with Crippen molar-refractivity contribution in [3.8, 4) is 11.5 Å². The third-order valence-corrected chi connectivity index (χ3v) is 2.62. The van der Waals surface area contributed by atoms with Crippen LogP contribution in [0, 0.1) is 0 Å². The minimum Gasteiger partial charge on any atom is -0.454 e. The Balaban J connectivity index is 2.31. The highest BCUT2D eigenvalue weighted by Gasteiger charge is 2.09. The van der Waals surface area contributed by atoms with Gasteiger partial charge >= 0.3 is 0 Å².